The second kappa shape index (κ2) is 4.44. The Morgan fingerprint density at radius 2 is 2.06 bits per heavy atom. The van der Waals surface area contributed by atoms with Gasteiger partial charge in [0.25, 0.3) is 0 Å². The number of nitrogens with one attached hydrogen (secondary N) is 1. The van der Waals surface area contributed by atoms with E-state index in [2.05, 4.69) is 5.32 Å². The number of nitrogens with two attached hydrogens (primary N) is 1. The topological polar surface area (TPSA) is 55.1 Å². The second-order valence-corrected chi connectivity index (χ2v) is 4.64. The molecule has 1 aromatic rings. The molecule has 0 bridgehead atoms. The van der Waals surface area contributed by atoms with Gasteiger partial charge < -0.3 is 11.1 Å². The summed E-state index contributed by atoms with van der Waals surface area (Å²) >= 11 is 5.96. The van der Waals surface area contributed by atoms with Gasteiger partial charge >= 0.3 is 0 Å². The highest BCUT2D eigenvalue weighted by atomic mass is 35.5. The summed E-state index contributed by atoms with van der Waals surface area (Å²) in [6.45, 7) is 1.63. The van der Waals surface area contributed by atoms with E-state index in [9.17, 15) is 4.79 Å². The van der Waals surface area contributed by atoms with Crippen LogP contribution in [0, 0.1) is 0 Å². The zero-order chi connectivity index (χ0) is 11.6. The van der Waals surface area contributed by atoms with E-state index in [1.165, 1.54) is 0 Å². The Bertz CT molecular complexity index is 400. The number of hydrogen-bond acceptors (Lipinski definition) is 2. The summed E-state index contributed by atoms with van der Waals surface area (Å²) in [5.74, 6) is -0.253. The van der Waals surface area contributed by atoms with Crippen molar-refractivity contribution in [2.45, 2.75) is 18.3 Å². The van der Waals surface area contributed by atoms with Crippen molar-refractivity contribution in [1.29, 1.82) is 0 Å². The molecule has 0 spiro atoms. The third kappa shape index (κ3) is 1.93. The third-order valence-corrected chi connectivity index (χ3v) is 3.54. The Morgan fingerprint density at radius 1 is 1.38 bits per heavy atom. The lowest BCUT2D eigenvalue weighted by Crippen LogP contribution is -2.48. The number of benzene rings is 1. The fourth-order valence-corrected chi connectivity index (χ4v) is 2.51. The summed E-state index contributed by atoms with van der Waals surface area (Å²) in [7, 11) is 0. The van der Waals surface area contributed by atoms with Gasteiger partial charge in [-0.05, 0) is 43.6 Å². The Hall–Kier alpha value is -1.06. The molecule has 1 aliphatic rings. The summed E-state index contributed by atoms with van der Waals surface area (Å²) < 4.78 is 0. The molecule has 2 rings (SSSR count). The molecule has 1 amide bonds. The van der Waals surface area contributed by atoms with Crippen LogP contribution in [0.4, 0.5) is 0 Å². The number of rotatable bonds is 2. The normalized spacial score (nSPS) is 19.3. The van der Waals surface area contributed by atoms with E-state index in [0.717, 1.165) is 31.5 Å². The number of primary amides is 1. The van der Waals surface area contributed by atoms with Crippen molar-refractivity contribution in [1.82, 2.24) is 5.32 Å². The van der Waals surface area contributed by atoms with E-state index in [1.54, 1.807) is 6.07 Å². The van der Waals surface area contributed by atoms with Gasteiger partial charge in [-0.15, -0.1) is 0 Å². The molecule has 1 saturated heterocycles. The van der Waals surface area contributed by atoms with E-state index in [0.29, 0.717) is 5.02 Å². The van der Waals surface area contributed by atoms with E-state index >= 15 is 0 Å². The average molecular weight is 239 g/mol. The lowest BCUT2D eigenvalue weighted by molar-refractivity contribution is -0.124. The first-order chi connectivity index (χ1) is 7.65. The van der Waals surface area contributed by atoms with Crippen LogP contribution in [-0.2, 0) is 10.2 Å². The van der Waals surface area contributed by atoms with Crippen LogP contribution >= 0.6 is 11.6 Å². The van der Waals surface area contributed by atoms with Gasteiger partial charge in [-0.25, -0.2) is 0 Å². The van der Waals surface area contributed by atoms with Crippen LogP contribution in [0.15, 0.2) is 24.3 Å². The molecule has 1 fully saturated rings. The highest BCUT2D eigenvalue weighted by Crippen LogP contribution is 2.34. The zero-order valence-electron chi connectivity index (χ0n) is 9.00. The van der Waals surface area contributed by atoms with Crippen LogP contribution in [0.2, 0.25) is 5.02 Å². The van der Waals surface area contributed by atoms with Crippen LogP contribution in [-0.4, -0.2) is 19.0 Å². The molecule has 3 N–H and O–H groups in total. The Kier molecular flexibility index (Phi) is 3.17. The van der Waals surface area contributed by atoms with E-state index in [1.807, 2.05) is 18.2 Å². The molecular formula is C12H15ClN2O. The first kappa shape index (κ1) is 11.4. The van der Waals surface area contributed by atoms with Crippen molar-refractivity contribution < 1.29 is 4.79 Å². The Labute approximate surface area is 100.0 Å². The highest BCUT2D eigenvalue weighted by molar-refractivity contribution is 6.30. The SMILES string of the molecule is NC(=O)C1(c2cccc(Cl)c2)CCNCC1. The van der Waals surface area contributed by atoms with Gasteiger partial charge in [-0.3, -0.25) is 4.79 Å². The summed E-state index contributed by atoms with van der Waals surface area (Å²) in [5.41, 5.74) is 5.97. The Balaban J connectivity index is 2.42. The zero-order valence-corrected chi connectivity index (χ0v) is 9.76. The van der Waals surface area contributed by atoms with Crippen molar-refractivity contribution in [2.24, 2.45) is 5.73 Å². The number of halogens is 1. The van der Waals surface area contributed by atoms with Crippen LogP contribution in [0.1, 0.15) is 18.4 Å². The summed E-state index contributed by atoms with van der Waals surface area (Å²) in [6.07, 6.45) is 1.48. The largest absolute Gasteiger partial charge is 0.369 e. The fourth-order valence-electron chi connectivity index (χ4n) is 2.32. The second-order valence-electron chi connectivity index (χ2n) is 4.21. The molecule has 1 aromatic carbocycles. The van der Waals surface area contributed by atoms with E-state index < -0.39 is 5.41 Å². The molecular weight excluding hydrogens is 224 g/mol. The number of hydrogen-bond donors (Lipinski definition) is 2. The quantitative estimate of drug-likeness (QED) is 0.820. The van der Waals surface area contributed by atoms with E-state index in [-0.39, 0.29) is 5.91 Å². The molecule has 3 nitrogen and oxygen atoms in total. The number of amides is 1. The van der Waals surface area contributed by atoms with Gasteiger partial charge in [0.05, 0.1) is 5.41 Å². The third-order valence-electron chi connectivity index (χ3n) is 3.31. The van der Waals surface area contributed by atoms with Crippen LogP contribution < -0.4 is 11.1 Å². The first-order valence-electron chi connectivity index (χ1n) is 5.42. The summed E-state index contributed by atoms with van der Waals surface area (Å²) in [4.78, 5) is 11.7. The minimum atomic E-state index is -0.545. The van der Waals surface area contributed by atoms with Crippen LogP contribution in [0.3, 0.4) is 0 Å². The monoisotopic (exact) mass is 238 g/mol. The van der Waals surface area contributed by atoms with Gasteiger partial charge in [0.15, 0.2) is 0 Å². The van der Waals surface area contributed by atoms with Crippen molar-refractivity contribution >= 4 is 17.5 Å². The highest BCUT2D eigenvalue weighted by Gasteiger charge is 2.39. The van der Waals surface area contributed by atoms with Crippen molar-refractivity contribution in [3.63, 3.8) is 0 Å². The molecule has 86 valence electrons. The molecule has 4 heteroatoms. The number of carbonyl (C=O) groups excluding carboxylic acids is 1. The maximum absolute atomic E-state index is 11.7. The van der Waals surface area contributed by atoms with Crippen molar-refractivity contribution in [3.05, 3.63) is 34.9 Å². The van der Waals surface area contributed by atoms with Gasteiger partial charge in [0.1, 0.15) is 0 Å². The smallest absolute Gasteiger partial charge is 0.228 e. The summed E-state index contributed by atoms with van der Waals surface area (Å²) in [5, 5.41) is 3.89. The van der Waals surface area contributed by atoms with E-state index in [4.69, 9.17) is 17.3 Å². The molecule has 0 saturated carbocycles. The predicted octanol–water partition coefficient (Wildman–Crippen LogP) is 1.45. The molecule has 1 aliphatic heterocycles. The average Bonchev–Trinajstić information content (AvgIpc) is 2.30. The standard InChI is InChI=1S/C12H15ClN2O/c13-10-3-1-2-9(8-10)12(11(14)16)4-6-15-7-5-12/h1-3,8,15H,4-7H2,(H2,14,16). The molecule has 0 unspecified atom stereocenters. The molecule has 16 heavy (non-hydrogen) atoms. The maximum atomic E-state index is 11.7. The van der Waals surface area contributed by atoms with Crippen molar-refractivity contribution in [3.8, 4) is 0 Å². The summed E-state index contributed by atoms with van der Waals surface area (Å²) in [6, 6.07) is 7.45. The van der Waals surface area contributed by atoms with Gasteiger partial charge in [0.2, 0.25) is 5.91 Å². The molecule has 0 radical (unpaired) electrons. The lowest BCUT2D eigenvalue weighted by Gasteiger charge is -2.35. The molecule has 0 aliphatic carbocycles. The minimum absolute atomic E-state index is 0.253. The minimum Gasteiger partial charge on any atom is -0.369 e. The molecule has 0 aromatic heterocycles. The van der Waals surface area contributed by atoms with Gasteiger partial charge in [0, 0.05) is 5.02 Å². The van der Waals surface area contributed by atoms with Crippen molar-refractivity contribution in [2.75, 3.05) is 13.1 Å². The maximum Gasteiger partial charge on any atom is 0.228 e. The van der Waals surface area contributed by atoms with Gasteiger partial charge in [-0.2, -0.15) is 0 Å². The van der Waals surface area contributed by atoms with Gasteiger partial charge in [-0.1, -0.05) is 23.7 Å². The predicted molar refractivity (Wildman–Crippen MR) is 64.4 cm³/mol. The first-order valence-corrected chi connectivity index (χ1v) is 5.80. The molecule has 1 heterocycles. The van der Waals surface area contributed by atoms with Crippen LogP contribution in [0.25, 0.3) is 0 Å². The number of piperidine rings is 1. The number of carbonyl (C=O) groups is 1. The Morgan fingerprint density at radius 3 is 2.62 bits per heavy atom. The fraction of sp³-hybridized carbons (Fsp3) is 0.417. The lowest BCUT2D eigenvalue weighted by atomic mass is 9.72. The molecule has 0 atom stereocenters. The van der Waals surface area contributed by atoms with Crippen LogP contribution in [0.5, 0.6) is 0 Å².